The van der Waals surface area contributed by atoms with Gasteiger partial charge in [-0.1, -0.05) is 17.3 Å². The summed E-state index contributed by atoms with van der Waals surface area (Å²) in [6.07, 6.45) is 0.432. The Morgan fingerprint density at radius 1 is 1.38 bits per heavy atom. The summed E-state index contributed by atoms with van der Waals surface area (Å²) in [5.74, 6) is -0.154. The minimum Gasteiger partial charge on any atom is -0.356 e. The standard InChI is InChI=1S/C14H18N2O4S/c1-14(2)8-13(16(3)20-14)21(17,18)9-11-10-6-4-5-7-12(10)19-15-11/h4-7,13H,8-9H2,1-3H3. The molecule has 114 valence electrons. The molecule has 1 unspecified atom stereocenters. The number of benzene rings is 1. The van der Waals surface area contributed by atoms with Gasteiger partial charge in [0.25, 0.3) is 0 Å². The number of para-hydroxylation sites is 1. The molecule has 1 aromatic carbocycles. The topological polar surface area (TPSA) is 72.6 Å². The van der Waals surface area contributed by atoms with Gasteiger partial charge in [-0.2, -0.15) is 5.06 Å². The van der Waals surface area contributed by atoms with Crippen molar-refractivity contribution in [3.63, 3.8) is 0 Å². The molecule has 0 spiro atoms. The summed E-state index contributed by atoms with van der Waals surface area (Å²) in [6.45, 7) is 3.76. The summed E-state index contributed by atoms with van der Waals surface area (Å²) >= 11 is 0. The van der Waals surface area contributed by atoms with E-state index in [4.69, 9.17) is 9.36 Å². The first-order chi connectivity index (χ1) is 9.78. The number of hydrogen-bond acceptors (Lipinski definition) is 6. The molecule has 6 nitrogen and oxygen atoms in total. The van der Waals surface area contributed by atoms with E-state index in [1.54, 1.807) is 13.1 Å². The molecule has 7 heteroatoms. The zero-order valence-corrected chi connectivity index (χ0v) is 13.1. The Morgan fingerprint density at radius 2 is 2.10 bits per heavy atom. The molecule has 2 aromatic rings. The zero-order chi connectivity index (χ0) is 15.3. The van der Waals surface area contributed by atoms with Gasteiger partial charge in [-0.3, -0.25) is 4.84 Å². The Kier molecular flexibility index (Phi) is 3.31. The fraction of sp³-hybridized carbons (Fsp3) is 0.500. The van der Waals surface area contributed by atoms with Crippen LogP contribution in [0.1, 0.15) is 26.0 Å². The molecule has 1 aliphatic rings. The maximum Gasteiger partial charge on any atom is 0.174 e. The number of aromatic nitrogens is 1. The second kappa shape index (κ2) is 4.79. The van der Waals surface area contributed by atoms with E-state index in [9.17, 15) is 8.42 Å². The van der Waals surface area contributed by atoms with Crippen LogP contribution in [0.4, 0.5) is 0 Å². The van der Waals surface area contributed by atoms with Crippen LogP contribution in [-0.2, 0) is 20.4 Å². The summed E-state index contributed by atoms with van der Waals surface area (Å²) in [4.78, 5) is 5.56. The second-order valence-corrected chi connectivity index (χ2v) is 8.15. The van der Waals surface area contributed by atoms with E-state index in [1.165, 1.54) is 5.06 Å². The lowest BCUT2D eigenvalue weighted by atomic mass is 10.1. The molecular formula is C14H18N2O4S. The van der Waals surface area contributed by atoms with Gasteiger partial charge in [0.1, 0.15) is 11.1 Å². The van der Waals surface area contributed by atoms with Crippen LogP contribution >= 0.6 is 0 Å². The van der Waals surface area contributed by atoms with Crippen LogP contribution in [0, 0.1) is 0 Å². The molecule has 2 heterocycles. The molecule has 1 aromatic heterocycles. The highest BCUT2D eigenvalue weighted by molar-refractivity contribution is 7.91. The Labute approximate surface area is 123 Å². The van der Waals surface area contributed by atoms with Crippen LogP contribution in [0.25, 0.3) is 11.0 Å². The quantitative estimate of drug-likeness (QED) is 0.864. The smallest absolute Gasteiger partial charge is 0.174 e. The molecule has 0 bridgehead atoms. The summed E-state index contributed by atoms with van der Waals surface area (Å²) in [5, 5.41) is 5.40. The SMILES string of the molecule is CN1OC(C)(C)CC1S(=O)(=O)Cc1noc2ccccc12. The fourth-order valence-electron chi connectivity index (χ4n) is 2.72. The van der Waals surface area contributed by atoms with Crippen molar-refractivity contribution < 1.29 is 17.8 Å². The number of hydroxylamine groups is 2. The van der Waals surface area contributed by atoms with Gasteiger partial charge < -0.3 is 4.52 Å². The van der Waals surface area contributed by atoms with Crippen LogP contribution in [0.3, 0.4) is 0 Å². The van der Waals surface area contributed by atoms with Gasteiger partial charge in [0.2, 0.25) is 0 Å². The van der Waals surface area contributed by atoms with Gasteiger partial charge in [-0.25, -0.2) is 8.42 Å². The van der Waals surface area contributed by atoms with Crippen molar-refractivity contribution in [2.24, 2.45) is 0 Å². The molecule has 0 amide bonds. The van der Waals surface area contributed by atoms with Crippen LogP contribution in [0.2, 0.25) is 0 Å². The van der Waals surface area contributed by atoms with Crippen molar-refractivity contribution in [3.8, 4) is 0 Å². The summed E-state index contributed by atoms with van der Waals surface area (Å²) in [5.41, 5.74) is 0.570. The third-order valence-corrected chi connectivity index (χ3v) is 5.64. The van der Waals surface area contributed by atoms with Crippen molar-refractivity contribution in [1.82, 2.24) is 10.2 Å². The van der Waals surface area contributed by atoms with Crippen LogP contribution in [0.15, 0.2) is 28.8 Å². The summed E-state index contributed by atoms with van der Waals surface area (Å²) in [7, 11) is -1.77. The first-order valence-electron chi connectivity index (χ1n) is 6.75. The third kappa shape index (κ3) is 2.68. The average molecular weight is 310 g/mol. The van der Waals surface area contributed by atoms with Gasteiger partial charge in [-0.05, 0) is 26.0 Å². The van der Waals surface area contributed by atoms with Crippen molar-refractivity contribution in [2.45, 2.75) is 37.0 Å². The molecule has 1 atom stereocenters. The van der Waals surface area contributed by atoms with E-state index in [0.717, 1.165) is 5.39 Å². The highest BCUT2D eigenvalue weighted by atomic mass is 32.2. The summed E-state index contributed by atoms with van der Waals surface area (Å²) < 4.78 is 30.4. The predicted octanol–water partition coefficient (Wildman–Crippen LogP) is 2.11. The Balaban J connectivity index is 1.90. The lowest BCUT2D eigenvalue weighted by molar-refractivity contribution is -0.168. The van der Waals surface area contributed by atoms with E-state index in [1.807, 2.05) is 32.0 Å². The molecular weight excluding hydrogens is 292 g/mol. The van der Waals surface area contributed by atoms with Crippen molar-refractivity contribution in [2.75, 3.05) is 7.05 Å². The minimum atomic E-state index is -3.42. The minimum absolute atomic E-state index is 0.154. The highest BCUT2D eigenvalue weighted by Gasteiger charge is 2.44. The van der Waals surface area contributed by atoms with Gasteiger partial charge in [0.15, 0.2) is 15.4 Å². The summed E-state index contributed by atoms with van der Waals surface area (Å²) in [6, 6.07) is 7.25. The molecule has 3 rings (SSSR count). The monoisotopic (exact) mass is 310 g/mol. The number of rotatable bonds is 3. The molecule has 21 heavy (non-hydrogen) atoms. The molecule has 1 fully saturated rings. The van der Waals surface area contributed by atoms with Crippen LogP contribution in [0.5, 0.6) is 0 Å². The molecule has 0 radical (unpaired) electrons. The van der Waals surface area contributed by atoms with E-state index >= 15 is 0 Å². The molecule has 0 aliphatic carbocycles. The van der Waals surface area contributed by atoms with Gasteiger partial charge >= 0.3 is 0 Å². The molecule has 1 saturated heterocycles. The third-order valence-electron chi connectivity index (χ3n) is 3.67. The largest absolute Gasteiger partial charge is 0.356 e. The van der Waals surface area contributed by atoms with E-state index in [-0.39, 0.29) is 5.75 Å². The predicted molar refractivity (Wildman–Crippen MR) is 78.0 cm³/mol. The fourth-order valence-corrected chi connectivity index (χ4v) is 4.65. The van der Waals surface area contributed by atoms with Gasteiger partial charge in [-0.15, -0.1) is 0 Å². The van der Waals surface area contributed by atoms with Crippen molar-refractivity contribution in [1.29, 1.82) is 0 Å². The Morgan fingerprint density at radius 3 is 2.76 bits per heavy atom. The first kappa shape index (κ1) is 14.5. The lowest BCUT2D eigenvalue weighted by Gasteiger charge is -2.18. The van der Waals surface area contributed by atoms with Crippen molar-refractivity contribution in [3.05, 3.63) is 30.0 Å². The van der Waals surface area contributed by atoms with Gasteiger partial charge in [0.05, 0.1) is 11.4 Å². The number of fused-ring (bicyclic) bond motifs is 1. The number of sulfone groups is 1. The molecule has 0 saturated carbocycles. The maximum absolute atomic E-state index is 12.6. The van der Waals surface area contributed by atoms with Gasteiger partial charge in [0, 0.05) is 18.9 Å². The first-order valence-corrected chi connectivity index (χ1v) is 8.47. The van der Waals surface area contributed by atoms with Crippen LogP contribution in [-0.4, -0.2) is 36.7 Å². The normalized spacial score (nSPS) is 22.9. The van der Waals surface area contributed by atoms with E-state index in [2.05, 4.69) is 5.16 Å². The van der Waals surface area contributed by atoms with E-state index in [0.29, 0.717) is 17.7 Å². The Bertz CT molecular complexity index is 766. The highest BCUT2D eigenvalue weighted by Crippen LogP contribution is 2.33. The number of nitrogens with zero attached hydrogens (tertiary/aromatic N) is 2. The van der Waals surface area contributed by atoms with Crippen LogP contribution < -0.4 is 0 Å². The maximum atomic E-state index is 12.6. The Hall–Kier alpha value is -1.44. The number of hydrogen-bond donors (Lipinski definition) is 0. The molecule has 1 aliphatic heterocycles. The van der Waals surface area contributed by atoms with E-state index < -0.39 is 20.8 Å². The molecule has 0 N–H and O–H groups in total. The zero-order valence-electron chi connectivity index (χ0n) is 12.2. The lowest BCUT2D eigenvalue weighted by Crippen LogP contribution is -2.33. The van der Waals surface area contributed by atoms with Crippen molar-refractivity contribution >= 4 is 20.8 Å². The average Bonchev–Trinajstić information content (AvgIpc) is 2.91. The second-order valence-electron chi connectivity index (χ2n) is 5.99.